The highest BCUT2D eigenvalue weighted by Crippen LogP contribution is 1.82. The third-order valence-electron chi connectivity index (χ3n) is 0.577. The van der Waals surface area contributed by atoms with E-state index < -0.39 is 0 Å². The molecule has 0 aliphatic rings. The van der Waals surface area contributed by atoms with Gasteiger partial charge >= 0.3 is 0 Å². The molecule has 0 aromatic rings. The number of hydrogen-bond acceptors (Lipinski definition) is 0. The Hall–Kier alpha value is -0.260. The quantitative estimate of drug-likeness (QED) is 0.381. The Kier molecular flexibility index (Phi) is 279. The summed E-state index contributed by atoms with van der Waals surface area (Å²) >= 11 is 0. The Morgan fingerprint density at radius 1 is 0.688 bits per heavy atom. The van der Waals surface area contributed by atoms with E-state index in [1.807, 2.05) is 62.3 Å². The summed E-state index contributed by atoms with van der Waals surface area (Å²) in [4.78, 5) is 0. The molecule has 0 spiro atoms. The Morgan fingerprint density at radius 3 is 0.750 bits per heavy atom. The second kappa shape index (κ2) is 124. The molecular weight excluding hydrogens is 192 g/mol. The predicted molar refractivity (Wildman–Crippen MR) is 86.5 cm³/mol. The van der Waals surface area contributed by atoms with Crippen molar-refractivity contribution in [3.63, 3.8) is 0 Å². The minimum Gasteiger partial charge on any atom is -0.0890 e. The molecule has 0 radical (unpaired) electrons. The van der Waals surface area contributed by atoms with Gasteiger partial charge in [-0.05, 0) is 20.8 Å². The van der Waals surface area contributed by atoms with E-state index in [1.165, 1.54) is 12.0 Å². The van der Waals surface area contributed by atoms with Crippen LogP contribution in [0.3, 0.4) is 0 Å². The molecule has 0 bridgehead atoms. The van der Waals surface area contributed by atoms with Gasteiger partial charge in [0.25, 0.3) is 0 Å². The molecule has 0 amide bonds. The molecule has 16 heavy (non-hydrogen) atoms. The second-order valence-corrected chi connectivity index (χ2v) is 2.07. The lowest BCUT2D eigenvalue weighted by Gasteiger charge is -1.74. The molecule has 0 atom stereocenters. The zero-order valence-electron chi connectivity index (χ0n) is 14.8. The van der Waals surface area contributed by atoms with Crippen LogP contribution in [0.25, 0.3) is 0 Å². The summed E-state index contributed by atoms with van der Waals surface area (Å²) in [5.41, 5.74) is 1.38. The van der Waals surface area contributed by atoms with Crippen molar-refractivity contribution in [2.75, 3.05) is 0 Å². The van der Waals surface area contributed by atoms with Gasteiger partial charge in [0.05, 0.1) is 0 Å². The monoisotopic (exact) mass is 234 g/mol. The fourth-order valence-corrected chi connectivity index (χ4v) is 0. The normalized spacial score (nSPS) is 4.81. The fraction of sp³-hybridized carbons (Fsp3) is 0.875. The highest BCUT2D eigenvalue weighted by Gasteiger charge is 1.60. The summed E-state index contributed by atoms with van der Waals surface area (Å²) in [6.07, 6.45) is 3.33. The van der Waals surface area contributed by atoms with Gasteiger partial charge in [0.2, 0.25) is 0 Å². The average molecular weight is 235 g/mol. The Bertz CT molecular complexity index is 47.1. The van der Waals surface area contributed by atoms with E-state index >= 15 is 0 Å². The van der Waals surface area contributed by atoms with Crippen molar-refractivity contribution < 1.29 is 0 Å². The van der Waals surface area contributed by atoms with Gasteiger partial charge in [-0.2, -0.15) is 0 Å². The van der Waals surface area contributed by atoms with Gasteiger partial charge in [0.15, 0.2) is 0 Å². The molecule has 0 N–H and O–H groups in total. The Labute approximate surface area is 109 Å². The molecule has 0 unspecified atom stereocenters. The maximum atomic E-state index is 2.12. The van der Waals surface area contributed by atoms with Crippen molar-refractivity contribution in [2.45, 2.75) is 96.4 Å². The summed E-state index contributed by atoms with van der Waals surface area (Å²) in [5.74, 6) is 0. The highest BCUT2D eigenvalue weighted by molar-refractivity contribution is 4.88. The summed E-state index contributed by atoms with van der Waals surface area (Å²) in [7, 11) is 0. The maximum absolute atomic E-state index is 2.12. The van der Waals surface area contributed by atoms with Gasteiger partial charge in [0.1, 0.15) is 0 Å². The average Bonchev–Trinajstić information content (AvgIpc) is 2.40. The first kappa shape index (κ1) is 36.0. The van der Waals surface area contributed by atoms with Gasteiger partial charge in [-0.25, -0.2) is 0 Å². The molecule has 0 nitrogen and oxygen atoms in total. The number of rotatable bonds is 0. The SMILES string of the molecule is CC.CC.CC.CC.CC=C(C)C.CCC. The van der Waals surface area contributed by atoms with Gasteiger partial charge in [0, 0.05) is 0 Å². The molecule has 0 fully saturated rings. The standard InChI is InChI=1S/C5H10.C3H8.4C2H6/c1-4-5(2)3;1-3-2;4*1-2/h4H,1-3H3;3H2,1-2H3;4*1-2H3. The van der Waals surface area contributed by atoms with E-state index in [0.717, 1.165) is 0 Å². The molecule has 106 valence electrons. The molecule has 0 saturated carbocycles. The first-order chi connectivity index (χ1) is 7.68. The first-order valence-electron chi connectivity index (χ1n) is 7.28. The molecule has 0 aromatic heterocycles. The van der Waals surface area contributed by atoms with Gasteiger partial charge in [-0.15, -0.1) is 0 Å². The molecule has 0 aliphatic heterocycles. The highest BCUT2D eigenvalue weighted by atomic mass is 13.7. The lowest BCUT2D eigenvalue weighted by Crippen LogP contribution is -1.52. The largest absolute Gasteiger partial charge is 0.0890 e. The van der Waals surface area contributed by atoms with Crippen LogP contribution in [0.1, 0.15) is 96.4 Å². The van der Waals surface area contributed by atoms with Crippen molar-refractivity contribution >= 4 is 0 Å². The van der Waals surface area contributed by atoms with Crippen molar-refractivity contribution in [1.29, 1.82) is 0 Å². The van der Waals surface area contributed by atoms with Crippen LogP contribution in [0.15, 0.2) is 11.6 Å². The second-order valence-electron chi connectivity index (χ2n) is 2.07. The predicted octanol–water partition coefficient (Wildman–Crippen LogP) is 7.49. The summed E-state index contributed by atoms with van der Waals surface area (Å²) < 4.78 is 0. The van der Waals surface area contributed by atoms with E-state index in [-0.39, 0.29) is 0 Å². The van der Waals surface area contributed by atoms with E-state index in [0.29, 0.717) is 0 Å². The van der Waals surface area contributed by atoms with E-state index in [9.17, 15) is 0 Å². The molecule has 0 rings (SSSR count). The molecular formula is C16H42. The van der Waals surface area contributed by atoms with Crippen LogP contribution in [0.5, 0.6) is 0 Å². The topological polar surface area (TPSA) is 0 Å². The molecule has 0 heteroatoms. The van der Waals surface area contributed by atoms with Crippen LogP contribution in [0.4, 0.5) is 0 Å². The minimum atomic E-state index is 1.25. The van der Waals surface area contributed by atoms with Crippen LogP contribution in [0.2, 0.25) is 0 Å². The smallest absolute Gasteiger partial charge is 0.0442 e. The van der Waals surface area contributed by atoms with Crippen molar-refractivity contribution in [3.05, 3.63) is 11.6 Å². The molecule has 0 aromatic carbocycles. The Morgan fingerprint density at radius 2 is 0.750 bits per heavy atom. The molecule has 0 aliphatic carbocycles. The van der Waals surface area contributed by atoms with Crippen LogP contribution in [-0.2, 0) is 0 Å². The van der Waals surface area contributed by atoms with E-state index in [2.05, 4.69) is 33.8 Å². The van der Waals surface area contributed by atoms with Gasteiger partial charge in [-0.1, -0.05) is 87.3 Å². The zero-order valence-corrected chi connectivity index (χ0v) is 14.8. The zero-order chi connectivity index (χ0) is 15.0. The lowest BCUT2D eigenvalue weighted by molar-refractivity contribution is 1.09. The van der Waals surface area contributed by atoms with Gasteiger partial charge < -0.3 is 0 Å². The minimum absolute atomic E-state index is 1.25. The van der Waals surface area contributed by atoms with Crippen molar-refractivity contribution in [1.82, 2.24) is 0 Å². The van der Waals surface area contributed by atoms with Gasteiger partial charge in [-0.3, -0.25) is 0 Å². The molecule has 0 heterocycles. The van der Waals surface area contributed by atoms with E-state index in [4.69, 9.17) is 0 Å². The Balaban J connectivity index is -0.0000000201. The van der Waals surface area contributed by atoms with Crippen LogP contribution >= 0.6 is 0 Å². The summed E-state index contributed by atoms with van der Waals surface area (Å²) in [6.45, 7) is 26.5. The van der Waals surface area contributed by atoms with Crippen LogP contribution in [-0.4, -0.2) is 0 Å². The van der Waals surface area contributed by atoms with Crippen LogP contribution < -0.4 is 0 Å². The maximum Gasteiger partial charge on any atom is -0.0442 e. The number of allylic oxidation sites excluding steroid dienone is 2. The van der Waals surface area contributed by atoms with Crippen molar-refractivity contribution in [3.8, 4) is 0 Å². The third kappa shape index (κ3) is 737. The first-order valence-corrected chi connectivity index (χ1v) is 7.28. The lowest BCUT2D eigenvalue weighted by atomic mass is 10.3. The van der Waals surface area contributed by atoms with E-state index in [1.54, 1.807) is 0 Å². The third-order valence-corrected chi connectivity index (χ3v) is 0.577. The number of hydrogen-bond donors (Lipinski definition) is 0. The fourth-order valence-electron chi connectivity index (χ4n) is 0. The summed E-state index contributed by atoms with van der Waals surface area (Å²) in [5, 5.41) is 0. The van der Waals surface area contributed by atoms with Crippen LogP contribution in [0, 0.1) is 0 Å². The molecule has 0 saturated heterocycles. The summed E-state index contributed by atoms with van der Waals surface area (Å²) in [6, 6.07) is 0. The van der Waals surface area contributed by atoms with Crippen molar-refractivity contribution in [2.24, 2.45) is 0 Å².